The van der Waals surface area contributed by atoms with Gasteiger partial charge in [-0.15, -0.1) is 0 Å². The number of hydrogen-bond donors (Lipinski definition) is 1. The van der Waals surface area contributed by atoms with E-state index in [-0.39, 0.29) is 5.91 Å². The van der Waals surface area contributed by atoms with Crippen LogP contribution in [0.5, 0.6) is 0 Å². The van der Waals surface area contributed by atoms with Gasteiger partial charge in [-0.1, -0.05) is 0 Å². The van der Waals surface area contributed by atoms with Crippen molar-refractivity contribution >= 4 is 17.2 Å². The number of thiophene rings is 1. The van der Waals surface area contributed by atoms with Crippen LogP contribution in [0.1, 0.15) is 12.6 Å². The molecule has 0 spiro atoms. The van der Waals surface area contributed by atoms with Gasteiger partial charge >= 0.3 is 0 Å². The van der Waals surface area contributed by atoms with Gasteiger partial charge in [0.1, 0.15) is 0 Å². The molecular formula is C11H11N3OS. The molecule has 0 radical (unpaired) electrons. The normalized spacial score (nSPS) is 10.1. The van der Waals surface area contributed by atoms with E-state index in [1.54, 1.807) is 23.7 Å². The van der Waals surface area contributed by atoms with Gasteiger partial charge in [0.2, 0.25) is 5.91 Å². The number of amides is 1. The minimum atomic E-state index is -0.0677. The highest BCUT2D eigenvalue weighted by Gasteiger charge is 2.08. The van der Waals surface area contributed by atoms with Crippen LogP contribution in [0.25, 0.3) is 11.3 Å². The quantitative estimate of drug-likeness (QED) is 0.880. The monoisotopic (exact) mass is 233 g/mol. The SMILES string of the molecule is CC(=O)NCc1nccnc1-c1ccsc1. The summed E-state index contributed by atoms with van der Waals surface area (Å²) in [5.41, 5.74) is 2.66. The van der Waals surface area contributed by atoms with E-state index in [2.05, 4.69) is 15.3 Å². The van der Waals surface area contributed by atoms with Crippen molar-refractivity contribution in [2.75, 3.05) is 0 Å². The van der Waals surface area contributed by atoms with Gasteiger partial charge in [0, 0.05) is 30.3 Å². The fourth-order valence-electron chi connectivity index (χ4n) is 1.34. The summed E-state index contributed by atoms with van der Waals surface area (Å²) in [6.45, 7) is 1.90. The van der Waals surface area contributed by atoms with Gasteiger partial charge in [-0.05, 0) is 11.4 Å². The lowest BCUT2D eigenvalue weighted by Gasteiger charge is -2.05. The molecule has 16 heavy (non-hydrogen) atoms. The third-order valence-corrected chi connectivity index (χ3v) is 2.76. The molecule has 0 atom stereocenters. The number of carbonyl (C=O) groups excluding carboxylic acids is 1. The van der Waals surface area contributed by atoms with Crippen LogP contribution in [0.4, 0.5) is 0 Å². The van der Waals surface area contributed by atoms with Crippen LogP contribution in [0.2, 0.25) is 0 Å². The Morgan fingerprint density at radius 1 is 1.44 bits per heavy atom. The first-order chi connectivity index (χ1) is 7.77. The maximum absolute atomic E-state index is 10.9. The zero-order valence-electron chi connectivity index (χ0n) is 8.80. The van der Waals surface area contributed by atoms with Gasteiger partial charge in [0.25, 0.3) is 0 Å². The molecule has 82 valence electrons. The zero-order chi connectivity index (χ0) is 11.4. The first kappa shape index (κ1) is 10.8. The summed E-state index contributed by atoms with van der Waals surface area (Å²) in [5.74, 6) is -0.0677. The van der Waals surface area contributed by atoms with Crippen molar-refractivity contribution in [1.82, 2.24) is 15.3 Å². The molecule has 1 N–H and O–H groups in total. The molecule has 2 aromatic heterocycles. The van der Waals surface area contributed by atoms with Gasteiger partial charge < -0.3 is 5.32 Å². The summed E-state index contributed by atoms with van der Waals surface area (Å²) in [4.78, 5) is 19.4. The van der Waals surface area contributed by atoms with Gasteiger partial charge in [0.15, 0.2) is 0 Å². The number of hydrogen-bond acceptors (Lipinski definition) is 4. The molecular weight excluding hydrogens is 222 g/mol. The van der Waals surface area contributed by atoms with Crippen molar-refractivity contribution in [2.45, 2.75) is 13.5 Å². The minimum absolute atomic E-state index is 0.0677. The zero-order valence-corrected chi connectivity index (χ0v) is 9.62. The number of nitrogens with zero attached hydrogens (tertiary/aromatic N) is 2. The van der Waals surface area contributed by atoms with E-state index in [4.69, 9.17) is 0 Å². The van der Waals surface area contributed by atoms with Gasteiger partial charge in [-0.25, -0.2) is 0 Å². The second kappa shape index (κ2) is 4.85. The highest BCUT2D eigenvalue weighted by Crippen LogP contribution is 2.21. The molecule has 4 nitrogen and oxygen atoms in total. The second-order valence-corrected chi connectivity index (χ2v) is 4.05. The van der Waals surface area contributed by atoms with Crippen LogP contribution in [-0.2, 0) is 11.3 Å². The van der Waals surface area contributed by atoms with Crippen LogP contribution < -0.4 is 5.32 Å². The van der Waals surface area contributed by atoms with Crippen molar-refractivity contribution in [3.05, 3.63) is 34.9 Å². The van der Waals surface area contributed by atoms with E-state index in [9.17, 15) is 4.79 Å². The molecule has 0 bridgehead atoms. The molecule has 0 aliphatic heterocycles. The Balaban J connectivity index is 2.27. The molecule has 0 unspecified atom stereocenters. The average Bonchev–Trinajstić information content (AvgIpc) is 2.80. The molecule has 0 aliphatic carbocycles. The Kier molecular flexibility index (Phi) is 3.26. The van der Waals surface area contributed by atoms with Gasteiger partial charge in [-0.3, -0.25) is 14.8 Å². The Hall–Kier alpha value is -1.75. The molecule has 2 rings (SSSR count). The molecule has 2 aromatic rings. The van der Waals surface area contributed by atoms with Gasteiger partial charge in [0.05, 0.1) is 17.9 Å². The van der Waals surface area contributed by atoms with E-state index >= 15 is 0 Å². The van der Waals surface area contributed by atoms with Crippen molar-refractivity contribution in [2.24, 2.45) is 0 Å². The van der Waals surface area contributed by atoms with Crippen LogP contribution in [-0.4, -0.2) is 15.9 Å². The van der Waals surface area contributed by atoms with E-state index in [1.165, 1.54) is 6.92 Å². The van der Waals surface area contributed by atoms with Crippen LogP contribution in [0, 0.1) is 0 Å². The summed E-state index contributed by atoms with van der Waals surface area (Å²) in [6, 6.07) is 1.99. The molecule has 2 heterocycles. The lowest BCUT2D eigenvalue weighted by atomic mass is 10.2. The predicted molar refractivity (Wildman–Crippen MR) is 62.9 cm³/mol. The molecule has 0 aliphatic rings. The third kappa shape index (κ3) is 2.43. The fraction of sp³-hybridized carbons (Fsp3) is 0.182. The molecule has 0 aromatic carbocycles. The maximum atomic E-state index is 10.9. The van der Waals surface area contributed by atoms with E-state index < -0.39 is 0 Å². The Labute approximate surface area is 97.4 Å². The van der Waals surface area contributed by atoms with Crippen molar-refractivity contribution in [3.8, 4) is 11.3 Å². The van der Waals surface area contributed by atoms with Gasteiger partial charge in [-0.2, -0.15) is 11.3 Å². The highest BCUT2D eigenvalue weighted by molar-refractivity contribution is 7.08. The van der Waals surface area contributed by atoms with E-state index in [1.807, 2.05) is 16.8 Å². The summed E-state index contributed by atoms with van der Waals surface area (Å²) in [6.07, 6.45) is 3.29. The summed E-state index contributed by atoms with van der Waals surface area (Å²) >= 11 is 1.61. The first-order valence-electron chi connectivity index (χ1n) is 4.84. The highest BCUT2D eigenvalue weighted by atomic mass is 32.1. The molecule has 5 heteroatoms. The largest absolute Gasteiger partial charge is 0.351 e. The smallest absolute Gasteiger partial charge is 0.217 e. The Bertz CT molecular complexity index is 482. The number of nitrogens with one attached hydrogen (secondary N) is 1. The van der Waals surface area contributed by atoms with Crippen molar-refractivity contribution in [1.29, 1.82) is 0 Å². The van der Waals surface area contributed by atoms with Crippen LogP contribution >= 0.6 is 11.3 Å². The predicted octanol–water partition coefficient (Wildman–Crippen LogP) is 1.84. The topological polar surface area (TPSA) is 54.9 Å². The summed E-state index contributed by atoms with van der Waals surface area (Å²) in [5, 5.41) is 6.73. The Morgan fingerprint density at radius 3 is 2.94 bits per heavy atom. The maximum Gasteiger partial charge on any atom is 0.217 e. The minimum Gasteiger partial charge on any atom is -0.351 e. The molecule has 0 saturated heterocycles. The second-order valence-electron chi connectivity index (χ2n) is 3.27. The summed E-state index contributed by atoms with van der Waals surface area (Å²) < 4.78 is 0. The fourth-order valence-corrected chi connectivity index (χ4v) is 1.99. The molecule has 0 saturated carbocycles. The first-order valence-corrected chi connectivity index (χ1v) is 5.78. The van der Waals surface area contributed by atoms with Crippen LogP contribution in [0.15, 0.2) is 29.2 Å². The number of rotatable bonds is 3. The van der Waals surface area contributed by atoms with Crippen LogP contribution in [0.3, 0.4) is 0 Å². The molecule has 0 fully saturated rings. The Morgan fingerprint density at radius 2 is 2.25 bits per heavy atom. The van der Waals surface area contributed by atoms with Crippen molar-refractivity contribution in [3.63, 3.8) is 0 Å². The number of aromatic nitrogens is 2. The number of carbonyl (C=O) groups is 1. The lowest BCUT2D eigenvalue weighted by molar-refractivity contribution is -0.119. The average molecular weight is 233 g/mol. The third-order valence-electron chi connectivity index (χ3n) is 2.07. The van der Waals surface area contributed by atoms with E-state index in [0.29, 0.717) is 6.54 Å². The lowest BCUT2D eigenvalue weighted by Crippen LogP contribution is -2.20. The standard InChI is InChI=1S/C11H11N3OS/c1-8(15)14-6-10-11(13-4-3-12-10)9-2-5-16-7-9/h2-5,7H,6H2,1H3,(H,14,15). The summed E-state index contributed by atoms with van der Waals surface area (Å²) in [7, 11) is 0. The van der Waals surface area contributed by atoms with E-state index in [0.717, 1.165) is 17.0 Å². The molecule has 1 amide bonds. The van der Waals surface area contributed by atoms with Crippen molar-refractivity contribution < 1.29 is 4.79 Å².